The smallest absolute Gasteiger partial charge is 0.0950 e. The molecule has 2 unspecified atom stereocenters. The molecule has 96 valence electrons. The first-order valence-electron chi connectivity index (χ1n) is 6.96. The Morgan fingerprint density at radius 1 is 1.41 bits per heavy atom. The molecule has 2 heterocycles. The summed E-state index contributed by atoms with van der Waals surface area (Å²) >= 11 is 0. The molecular weight excluding hydrogens is 210 g/mol. The Balaban J connectivity index is 2.15. The zero-order valence-electron chi connectivity index (χ0n) is 11.3. The van der Waals surface area contributed by atoms with Crippen molar-refractivity contribution >= 4 is 0 Å². The molecule has 0 bridgehead atoms. The lowest BCUT2D eigenvalue weighted by Crippen LogP contribution is -2.28. The van der Waals surface area contributed by atoms with E-state index in [2.05, 4.69) is 41.8 Å². The van der Waals surface area contributed by atoms with E-state index in [-0.39, 0.29) is 0 Å². The van der Waals surface area contributed by atoms with Gasteiger partial charge in [0.05, 0.1) is 6.33 Å². The molecule has 0 amide bonds. The number of hydrogen-bond acceptors (Lipinski definition) is 2. The van der Waals surface area contributed by atoms with Gasteiger partial charge in [0.1, 0.15) is 0 Å². The number of rotatable bonds is 4. The molecule has 1 aliphatic rings. The van der Waals surface area contributed by atoms with Crippen LogP contribution in [0, 0.1) is 5.92 Å². The van der Waals surface area contributed by atoms with E-state index >= 15 is 0 Å². The zero-order chi connectivity index (χ0) is 12.3. The zero-order valence-corrected chi connectivity index (χ0v) is 11.3. The summed E-state index contributed by atoms with van der Waals surface area (Å²) in [5.41, 5.74) is 1.44. The Bertz CT molecular complexity index is 322. The van der Waals surface area contributed by atoms with Crippen molar-refractivity contribution in [1.29, 1.82) is 0 Å². The molecule has 1 aromatic heterocycles. The van der Waals surface area contributed by atoms with Gasteiger partial charge in [-0.25, -0.2) is 4.98 Å². The van der Waals surface area contributed by atoms with Crippen LogP contribution in [0.2, 0.25) is 0 Å². The summed E-state index contributed by atoms with van der Waals surface area (Å²) in [5, 5.41) is 3.43. The highest BCUT2D eigenvalue weighted by Gasteiger charge is 2.22. The molecule has 0 aromatic carbocycles. The Morgan fingerprint density at radius 3 is 2.76 bits per heavy atom. The fourth-order valence-corrected chi connectivity index (χ4v) is 2.70. The molecule has 0 aliphatic carbocycles. The van der Waals surface area contributed by atoms with E-state index in [9.17, 15) is 0 Å². The molecule has 1 N–H and O–H groups in total. The van der Waals surface area contributed by atoms with Crippen LogP contribution in [0.15, 0.2) is 12.5 Å². The van der Waals surface area contributed by atoms with Crippen molar-refractivity contribution in [3.05, 3.63) is 18.2 Å². The second-order valence-corrected chi connectivity index (χ2v) is 5.38. The van der Waals surface area contributed by atoms with Crippen LogP contribution in [0.1, 0.15) is 57.7 Å². The Kier molecular flexibility index (Phi) is 4.21. The van der Waals surface area contributed by atoms with Crippen LogP contribution in [0.5, 0.6) is 0 Å². The predicted molar refractivity (Wildman–Crippen MR) is 71.2 cm³/mol. The third kappa shape index (κ3) is 2.71. The molecular formula is C14H25N3. The van der Waals surface area contributed by atoms with Gasteiger partial charge in [-0.05, 0) is 38.8 Å². The Hall–Kier alpha value is -0.830. The topological polar surface area (TPSA) is 29.9 Å². The fourth-order valence-electron chi connectivity index (χ4n) is 2.70. The first-order chi connectivity index (χ1) is 8.24. The summed E-state index contributed by atoms with van der Waals surface area (Å²) in [6.07, 6.45) is 7.83. The Labute approximate surface area is 105 Å². The van der Waals surface area contributed by atoms with Crippen molar-refractivity contribution < 1.29 is 0 Å². The van der Waals surface area contributed by atoms with Gasteiger partial charge in [0.25, 0.3) is 0 Å². The SMILES string of the molecule is CCC(C)C(C)n1cncc1C1CCNCC1. The number of imidazole rings is 1. The summed E-state index contributed by atoms with van der Waals surface area (Å²) in [5.74, 6) is 1.41. The highest BCUT2D eigenvalue weighted by molar-refractivity contribution is 5.09. The number of nitrogens with one attached hydrogen (secondary N) is 1. The number of piperidine rings is 1. The second-order valence-electron chi connectivity index (χ2n) is 5.38. The third-order valence-corrected chi connectivity index (χ3v) is 4.36. The Morgan fingerprint density at radius 2 is 2.12 bits per heavy atom. The van der Waals surface area contributed by atoms with Crippen molar-refractivity contribution in [2.45, 2.75) is 52.0 Å². The van der Waals surface area contributed by atoms with Crippen molar-refractivity contribution in [2.24, 2.45) is 5.92 Å². The minimum Gasteiger partial charge on any atom is -0.331 e. The van der Waals surface area contributed by atoms with Crippen LogP contribution in [0.25, 0.3) is 0 Å². The van der Waals surface area contributed by atoms with Gasteiger partial charge in [-0.3, -0.25) is 0 Å². The summed E-state index contributed by atoms with van der Waals surface area (Å²) in [7, 11) is 0. The highest BCUT2D eigenvalue weighted by atomic mass is 15.1. The average molecular weight is 235 g/mol. The van der Waals surface area contributed by atoms with Crippen LogP contribution >= 0.6 is 0 Å². The van der Waals surface area contributed by atoms with Gasteiger partial charge >= 0.3 is 0 Å². The monoisotopic (exact) mass is 235 g/mol. The molecule has 2 rings (SSSR count). The van der Waals surface area contributed by atoms with Gasteiger partial charge in [0, 0.05) is 23.9 Å². The van der Waals surface area contributed by atoms with Crippen molar-refractivity contribution in [1.82, 2.24) is 14.9 Å². The van der Waals surface area contributed by atoms with Crippen LogP contribution in [-0.2, 0) is 0 Å². The minimum absolute atomic E-state index is 0.562. The van der Waals surface area contributed by atoms with Gasteiger partial charge in [-0.2, -0.15) is 0 Å². The maximum Gasteiger partial charge on any atom is 0.0950 e. The first-order valence-corrected chi connectivity index (χ1v) is 6.96. The molecule has 17 heavy (non-hydrogen) atoms. The lowest BCUT2D eigenvalue weighted by Gasteiger charge is -2.28. The van der Waals surface area contributed by atoms with E-state index in [1.807, 2.05) is 6.33 Å². The third-order valence-electron chi connectivity index (χ3n) is 4.36. The fraction of sp³-hybridized carbons (Fsp3) is 0.786. The van der Waals surface area contributed by atoms with E-state index < -0.39 is 0 Å². The largest absolute Gasteiger partial charge is 0.331 e. The van der Waals surface area contributed by atoms with E-state index in [0.29, 0.717) is 17.9 Å². The first kappa shape index (κ1) is 12.6. The molecule has 1 aromatic rings. The van der Waals surface area contributed by atoms with Gasteiger partial charge in [0.15, 0.2) is 0 Å². The minimum atomic E-state index is 0.562. The molecule has 1 saturated heterocycles. The molecule has 3 nitrogen and oxygen atoms in total. The molecule has 0 saturated carbocycles. The van der Waals surface area contributed by atoms with Crippen LogP contribution in [-0.4, -0.2) is 22.6 Å². The standard InChI is InChI=1S/C14H25N3/c1-4-11(2)12(3)17-10-16-9-14(17)13-5-7-15-8-6-13/h9-13,15H,4-8H2,1-3H3. The summed E-state index contributed by atoms with van der Waals surface area (Å²) in [6.45, 7) is 9.21. The number of hydrogen-bond donors (Lipinski definition) is 1. The van der Waals surface area contributed by atoms with E-state index in [0.717, 1.165) is 13.1 Å². The van der Waals surface area contributed by atoms with Gasteiger partial charge < -0.3 is 9.88 Å². The molecule has 3 heteroatoms. The van der Waals surface area contributed by atoms with Crippen LogP contribution in [0.3, 0.4) is 0 Å². The van der Waals surface area contributed by atoms with E-state index in [4.69, 9.17) is 0 Å². The molecule has 0 radical (unpaired) electrons. The van der Waals surface area contributed by atoms with Crippen LogP contribution in [0.4, 0.5) is 0 Å². The summed E-state index contributed by atoms with van der Waals surface area (Å²) in [4.78, 5) is 4.38. The molecule has 1 fully saturated rings. The number of nitrogens with zero attached hydrogens (tertiary/aromatic N) is 2. The second kappa shape index (κ2) is 5.67. The molecule has 1 aliphatic heterocycles. The quantitative estimate of drug-likeness (QED) is 0.869. The van der Waals surface area contributed by atoms with E-state index in [1.54, 1.807) is 0 Å². The molecule has 0 spiro atoms. The lowest BCUT2D eigenvalue weighted by atomic mass is 9.93. The summed E-state index contributed by atoms with van der Waals surface area (Å²) in [6, 6.07) is 0.562. The van der Waals surface area contributed by atoms with Crippen molar-refractivity contribution in [3.63, 3.8) is 0 Å². The highest BCUT2D eigenvalue weighted by Crippen LogP contribution is 2.29. The maximum absolute atomic E-state index is 4.38. The molecule has 2 atom stereocenters. The normalized spacial score (nSPS) is 21.4. The lowest BCUT2D eigenvalue weighted by molar-refractivity contribution is 0.345. The van der Waals surface area contributed by atoms with E-state index in [1.165, 1.54) is 25.0 Å². The van der Waals surface area contributed by atoms with Gasteiger partial charge in [-0.15, -0.1) is 0 Å². The van der Waals surface area contributed by atoms with Gasteiger partial charge in [-0.1, -0.05) is 20.3 Å². The number of aromatic nitrogens is 2. The van der Waals surface area contributed by atoms with Crippen molar-refractivity contribution in [3.8, 4) is 0 Å². The average Bonchev–Trinajstić information content (AvgIpc) is 2.87. The van der Waals surface area contributed by atoms with Gasteiger partial charge in [0.2, 0.25) is 0 Å². The summed E-state index contributed by atoms with van der Waals surface area (Å²) < 4.78 is 2.41. The predicted octanol–water partition coefficient (Wildman–Crippen LogP) is 2.96. The maximum atomic E-state index is 4.38. The van der Waals surface area contributed by atoms with Crippen LogP contribution < -0.4 is 5.32 Å². The van der Waals surface area contributed by atoms with Crippen molar-refractivity contribution in [2.75, 3.05) is 13.1 Å².